The van der Waals surface area contributed by atoms with Gasteiger partial charge in [-0.15, -0.1) is 24.8 Å². The minimum Gasteiger partial charge on any atom is -0.497 e. The van der Waals surface area contributed by atoms with E-state index < -0.39 is 0 Å². The highest BCUT2D eigenvalue weighted by atomic mass is 35.5. The predicted molar refractivity (Wildman–Crippen MR) is 128 cm³/mol. The molecule has 0 aromatic heterocycles. The van der Waals surface area contributed by atoms with Crippen LogP contribution in [0, 0.1) is 0 Å². The number of hydrogen-bond donors (Lipinski definition) is 0. The maximum atomic E-state index is 5.42. The summed E-state index contributed by atoms with van der Waals surface area (Å²) >= 11 is 0. The van der Waals surface area contributed by atoms with E-state index in [0.717, 1.165) is 44.9 Å². The highest BCUT2D eigenvalue weighted by molar-refractivity contribution is 5.85. The van der Waals surface area contributed by atoms with Crippen LogP contribution in [0.1, 0.15) is 31.0 Å². The Balaban J connectivity index is 0.00000210. The summed E-state index contributed by atoms with van der Waals surface area (Å²) < 4.78 is 5.42. The van der Waals surface area contributed by atoms with Crippen LogP contribution in [0.25, 0.3) is 0 Å². The van der Waals surface area contributed by atoms with Crippen molar-refractivity contribution >= 4 is 24.8 Å². The van der Waals surface area contributed by atoms with E-state index in [1.165, 1.54) is 16.7 Å². The maximum Gasteiger partial charge on any atom is 0.119 e. The van der Waals surface area contributed by atoms with Gasteiger partial charge in [0.2, 0.25) is 0 Å². The number of piperazine rings is 1. The van der Waals surface area contributed by atoms with Gasteiger partial charge in [0, 0.05) is 38.8 Å². The van der Waals surface area contributed by atoms with Crippen LogP contribution in [-0.4, -0.2) is 49.6 Å². The Kier molecular flexibility index (Phi) is 11.4. The second-order valence-corrected chi connectivity index (χ2v) is 7.60. The number of hydrogen-bond acceptors (Lipinski definition) is 3. The monoisotopic (exact) mass is 436 g/mol. The molecule has 1 atom stereocenters. The normalized spacial score (nSPS) is 15.6. The Morgan fingerprint density at radius 1 is 0.966 bits per heavy atom. The van der Waals surface area contributed by atoms with E-state index >= 15 is 0 Å². The molecule has 5 heteroatoms. The summed E-state index contributed by atoms with van der Waals surface area (Å²) in [6, 6.07) is 19.8. The minimum atomic E-state index is 0. The average molecular weight is 437 g/mol. The first-order valence-corrected chi connectivity index (χ1v) is 9.93. The van der Waals surface area contributed by atoms with Crippen LogP contribution in [0.15, 0.2) is 66.2 Å². The molecule has 1 aliphatic rings. The largest absolute Gasteiger partial charge is 0.497 e. The Bertz CT molecular complexity index is 740. The minimum absolute atomic E-state index is 0. The Labute approximate surface area is 188 Å². The van der Waals surface area contributed by atoms with Gasteiger partial charge in [-0.25, -0.2) is 0 Å². The molecule has 0 radical (unpaired) electrons. The van der Waals surface area contributed by atoms with Crippen LogP contribution in [0.4, 0.5) is 0 Å². The molecule has 0 N–H and O–H groups in total. The fourth-order valence-electron chi connectivity index (χ4n) is 3.72. The molecule has 0 aliphatic carbocycles. The third-order valence-electron chi connectivity index (χ3n) is 5.35. The van der Waals surface area contributed by atoms with Crippen LogP contribution in [-0.2, 0) is 6.42 Å². The Morgan fingerprint density at radius 3 is 2.28 bits per heavy atom. The van der Waals surface area contributed by atoms with Crippen molar-refractivity contribution in [1.29, 1.82) is 0 Å². The first kappa shape index (κ1) is 25.5. The van der Waals surface area contributed by atoms with Crippen LogP contribution >= 0.6 is 24.8 Å². The van der Waals surface area contributed by atoms with Crippen LogP contribution < -0.4 is 4.74 Å². The predicted octanol–water partition coefficient (Wildman–Crippen LogP) is 5.41. The van der Waals surface area contributed by atoms with Gasteiger partial charge in [0.1, 0.15) is 5.75 Å². The second-order valence-electron chi connectivity index (χ2n) is 7.60. The summed E-state index contributed by atoms with van der Waals surface area (Å²) in [4.78, 5) is 5.20. The molecule has 0 amide bonds. The van der Waals surface area contributed by atoms with Gasteiger partial charge in [-0.05, 0) is 43.5 Å². The first-order chi connectivity index (χ1) is 13.2. The summed E-state index contributed by atoms with van der Waals surface area (Å²) in [7, 11) is 1.74. The third kappa shape index (κ3) is 7.67. The number of allylic oxidation sites excluding steroid dienone is 1. The summed E-state index contributed by atoms with van der Waals surface area (Å²) in [5.74, 6) is 0.936. The lowest BCUT2D eigenvalue weighted by atomic mass is 9.96. The standard InChI is InChI=1S/C24H32N2O.2ClH/c1-20(2)12-13-25-14-16-26(17-15-25)24(22-9-5-4-6-10-22)19-21-8-7-11-23(18-21)27-3;;/h4-12,18,24H,13-17,19H2,1-3H3;2*1H. The smallest absolute Gasteiger partial charge is 0.119 e. The van der Waals surface area contributed by atoms with Crippen molar-refractivity contribution in [1.82, 2.24) is 9.80 Å². The van der Waals surface area contributed by atoms with E-state index in [0.29, 0.717) is 6.04 Å². The quantitative estimate of drug-likeness (QED) is 0.539. The molecule has 0 bridgehead atoms. The van der Waals surface area contributed by atoms with Gasteiger partial charge in [-0.3, -0.25) is 9.80 Å². The molecule has 1 fully saturated rings. The average Bonchev–Trinajstić information content (AvgIpc) is 2.72. The van der Waals surface area contributed by atoms with Crippen LogP contribution in [0.3, 0.4) is 0 Å². The van der Waals surface area contributed by atoms with E-state index in [9.17, 15) is 0 Å². The third-order valence-corrected chi connectivity index (χ3v) is 5.35. The van der Waals surface area contributed by atoms with Crippen molar-refractivity contribution in [3.05, 3.63) is 77.4 Å². The van der Waals surface area contributed by atoms with Crippen molar-refractivity contribution in [2.45, 2.75) is 26.3 Å². The molecular weight excluding hydrogens is 403 g/mol. The molecule has 3 rings (SSSR count). The lowest BCUT2D eigenvalue weighted by Gasteiger charge is -2.39. The molecule has 0 spiro atoms. The van der Waals surface area contributed by atoms with Crippen molar-refractivity contribution < 1.29 is 4.74 Å². The molecule has 0 saturated carbocycles. The van der Waals surface area contributed by atoms with Gasteiger partial charge in [0.15, 0.2) is 0 Å². The van der Waals surface area contributed by atoms with Gasteiger partial charge < -0.3 is 4.74 Å². The molecule has 1 heterocycles. The summed E-state index contributed by atoms with van der Waals surface area (Å²) in [5.41, 5.74) is 4.13. The zero-order valence-electron chi connectivity index (χ0n) is 17.7. The van der Waals surface area contributed by atoms with Crippen molar-refractivity contribution in [2.75, 3.05) is 39.8 Å². The van der Waals surface area contributed by atoms with Crippen molar-refractivity contribution in [3.8, 4) is 5.75 Å². The van der Waals surface area contributed by atoms with Gasteiger partial charge in [0.05, 0.1) is 7.11 Å². The lowest BCUT2D eigenvalue weighted by Crippen LogP contribution is -2.48. The topological polar surface area (TPSA) is 15.7 Å². The second kappa shape index (κ2) is 12.9. The SMILES string of the molecule is COc1cccc(CC(c2ccccc2)N2CCN(CC=C(C)C)CC2)c1.Cl.Cl. The number of ether oxygens (including phenoxy) is 1. The lowest BCUT2D eigenvalue weighted by molar-refractivity contribution is 0.102. The van der Waals surface area contributed by atoms with Gasteiger partial charge in [-0.1, -0.05) is 54.1 Å². The number of rotatable bonds is 7. The summed E-state index contributed by atoms with van der Waals surface area (Å²) in [6.45, 7) is 9.91. The number of nitrogens with zero attached hydrogens (tertiary/aromatic N) is 2. The van der Waals surface area contributed by atoms with Crippen LogP contribution in [0.5, 0.6) is 5.75 Å². The molecule has 160 valence electrons. The molecule has 3 nitrogen and oxygen atoms in total. The van der Waals surface area contributed by atoms with E-state index in [1.807, 2.05) is 6.07 Å². The number of benzene rings is 2. The highest BCUT2D eigenvalue weighted by Crippen LogP contribution is 2.27. The van der Waals surface area contributed by atoms with Crippen molar-refractivity contribution in [2.24, 2.45) is 0 Å². The molecular formula is C24H34Cl2N2O. The molecule has 1 aliphatic heterocycles. The van der Waals surface area contributed by atoms with Gasteiger partial charge >= 0.3 is 0 Å². The van der Waals surface area contributed by atoms with Gasteiger partial charge in [-0.2, -0.15) is 0 Å². The summed E-state index contributed by atoms with van der Waals surface area (Å²) in [5, 5.41) is 0. The fourth-order valence-corrected chi connectivity index (χ4v) is 3.72. The molecule has 1 saturated heterocycles. The van der Waals surface area contributed by atoms with E-state index in [2.05, 4.69) is 78.3 Å². The van der Waals surface area contributed by atoms with E-state index in [4.69, 9.17) is 4.74 Å². The van der Waals surface area contributed by atoms with Gasteiger partial charge in [0.25, 0.3) is 0 Å². The summed E-state index contributed by atoms with van der Waals surface area (Å²) in [6.07, 6.45) is 3.34. The number of methoxy groups -OCH3 is 1. The van der Waals surface area contributed by atoms with E-state index in [-0.39, 0.29) is 24.8 Å². The van der Waals surface area contributed by atoms with Crippen LogP contribution in [0.2, 0.25) is 0 Å². The molecule has 1 unspecified atom stereocenters. The first-order valence-electron chi connectivity index (χ1n) is 9.93. The van der Waals surface area contributed by atoms with Crippen molar-refractivity contribution in [3.63, 3.8) is 0 Å². The fraction of sp³-hybridized carbons (Fsp3) is 0.417. The molecule has 2 aromatic carbocycles. The Hall–Kier alpha value is -1.52. The Morgan fingerprint density at radius 2 is 1.66 bits per heavy atom. The zero-order valence-corrected chi connectivity index (χ0v) is 19.3. The number of halogens is 2. The zero-order chi connectivity index (χ0) is 19.1. The highest BCUT2D eigenvalue weighted by Gasteiger charge is 2.25. The molecule has 2 aromatic rings. The van der Waals surface area contributed by atoms with E-state index in [1.54, 1.807) is 7.11 Å². The maximum absolute atomic E-state index is 5.42. The molecule has 29 heavy (non-hydrogen) atoms.